The van der Waals surface area contributed by atoms with Gasteiger partial charge in [-0.1, -0.05) is 19.9 Å². The van der Waals surface area contributed by atoms with Crippen LogP contribution >= 0.6 is 0 Å². The molecule has 0 saturated carbocycles. The SMILES string of the molecule is CC(=O)/C=C/C(C)(C)C[C@@H]1CO1. The van der Waals surface area contributed by atoms with E-state index in [2.05, 4.69) is 13.8 Å². The predicted molar refractivity (Wildman–Crippen MR) is 48.0 cm³/mol. The third kappa shape index (κ3) is 3.67. The van der Waals surface area contributed by atoms with Crippen LogP contribution in [0.2, 0.25) is 0 Å². The molecule has 0 spiro atoms. The van der Waals surface area contributed by atoms with E-state index in [0.717, 1.165) is 13.0 Å². The van der Waals surface area contributed by atoms with Crippen molar-refractivity contribution in [1.29, 1.82) is 0 Å². The summed E-state index contributed by atoms with van der Waals surface area (Å²) in [4.78, 5) is 10.7. The Morgan fingerprint density at radius 3 is 2.67 bits per heavy atom. The lowest BCUT2D eigenvalue weighted by Gasteiger charge is -2.17. The first-order valence-electron chi connectivity index (χ1n) is 4.31. The van der Waals surface area contributed by atoms with Crippen LogP contribution in [0, 0.1) is 5.41 Å². The highest BCUT2D eigenvalue weighted by Gasteiger charge is 2.29. The molecule has 0 amide bonds. The highest BCUT2D eigenvalue weighted by molar-refractivity contribution is 5.87. The number of ether oxygens (including phenoxy) is 1. The van der Waals surface area contributed by atoms with E-state index >= 15 is 0 Å². The van der Waals surface area contributed by atoms with E-state index in [9.17, 15) is 4.79 Å². The average Bonchev–Trinajstić information content (AvgIpc) is 2.67. The number of hydrogen-bond donors (Lipinski definition) is 0. The van der Waals surface area contributed by atoms with Gasteiger partial charge in [-0.05, 0) is 24.8 Å². The normalized spacial score (nSPS) is 23.1. The van der Waals surface area contributed by atoms with Gasteiger partial charge in [0.2, 0.25) is 0 Å². The van der Waals surface area contributed by atoms with Crippen molar-refractivity contribution >= 4 is 5.78 Å². The minimum Gasteiger partial charge on any atom is -0.373 e. The van der Waals surface area contributed by atoms with Crippen molar-refractivity contribution < 1.29 is 9.53 Å². The Kier molecular flexibility index (Phi) is 2.68. The maximum absolute atomic E-state index is 10.7. The molecule has 68 valence electrons. The smallest absolute Gasteiger partial charge is 0.152 e. The standard InChI is InChI=1S/C10H16O2/c1-8(11)4-5-10(2,3)6-9-7-12-9/h4-5,9H,6-7H2,1-3H3/b5-4+/t9-/m1/s1. The van der Waals surface area contributed by atoms with Crippen LogP contribution in [0.3, 0.4) is 0 Å². The van der Waals surface area contributed by atoms with Crippen LogP contribution in [0.15, 0.2) is 12.2 Å². The highest BCUT2D eigenvalue weighted by Crippen LogP contribution is 2.30. The molecule has 0 aromatic heterocycles. The maximum atomic E-state index is 10.7. The van der Waals surface area contributed by atoms with Crippen molar-refractivity contribution in [3.63, 3.8) is 0 Å². The summed E-state index contributed by atoms with van der Waals surface area (Å²) in [7, 11) is 0. The number of carbonyl (C=O) groups excluding carboxylic acids is 1. The zero-order valence-corrected chi connectivity index (χ0v) is 7.96. The molecule has 0 unspecified atom stereocenters. The number of allylic oxidation sites excluding steroid dienone is 2. The third-order valence-corrected chi connectivity index (χ3v) is 1.93. The van der Waals surface area contributed by atoms with Gasteiger partial charge in [0.1, 0.15) is 0 Å². The number of hydrogen-bond acceptors (Lipinski definition) is 2. The number of ketones is 1. The zero-order valence-electron chi connectivity index (χ0n) is 7.96. The molecule has 1 atom stereocenters. The van der Waals surface area contributed by atoms with Gasteiger partial charge >= 0.3 is 0 Å². The Morgan fingerprint density at radius 1 is 1.67 bits per heavy atom. The topological polar surface area (TPSA) is 29.6 Å². The maximum Gasteiger partial charge on any atom is 0.152 e. The quantitative estimate of drug-likeness (QED) is 0.474. The van der Waals surface area contributed by atoms with Crippen LogP contribution in [-0.2, 0) is 9.53 Å². The molecule has 2 heteroatoms. The second kappa shape index (κ2) is 3.40. The van der Waals surface area contributed by atoms with Gasteiger partial charge in [-0.25, -0.2) is 0 Å². The van der Waals surface area contributed by atoms with E-state index in [4.69, 9.17) is 4.74 Å². The van der Waals surface area contributed by atoms with Gasteiger partial charge in [0.05, 0.1) is 12.7 Å². The molecular weight excluding hydrogens is 152 g/mol. The van der Waals surface area contributed by atoms with Crippen molar-refractivity contribution in [3.05, 3.63) is 12.2 Å². The van der Waals surface area contributed by atoms with Gasteiger partial charge in [-0.3, -0.25) is 4.79 Å². The summed E-state index contributed by atoms with van der Waals surface area (Å²) in [6.07, 6.45) is 5.05. The van der Waals surface area contributed by atoms with Crippen LogP contribution in [0.1, 0.15) is 27.2 Å². The molecule has 12 heavy (non-hydrogen) atoms. The fraction of sp³-hybridized carbons (Fsp3) is 0.700. The third-order valence-electron chi connectivity index (χ3n) is 1.93. The van der Waals surface area contributed by atoms with Crippen molar-refractivity contribution in [2.45, 2.75) is 33.3 Å². The van der Waals surface area contributed by atoms with Crippen LogP contribution in [0.4, 0.5) is 0 Å². The van der Waals surface area contributed by atoms with E-state index in [-0.39, 0.29) is 11.2 Å². The average molecular weight is 168 g/mol. The Morgan fingerprint density at radius 2 is 2.25 bits per heavy atom. The molecule has 0 bridgehead atoms. The van der Waals surface area contributed by atoms with E-state index in [1.165, 1.54) is 0 Å². The minimum absolute atomic E-state index is 0.0901. The van der Waals surface area contributed by atoms with Crippen LogP contribution in [0.5, 0.6) is 0 Å². The van der Waals surface area contributed by atoms with Gasteiger partial charge in [-0.2, -0.15) is 0 Å². The Labute approximate surface area is 73.6 Å². The molecule has 1 saturated heterocycles. The number of rotatable bonds is 4. The molecule has 0 aromatic carbocycles. The van der Waals surface area contributed by atoms with E-state index in [1.807, 2.05) is 6.08 Å². The molecular formula is C10H16O2. The van der Waals surface area contributed by atoms with Crippen molar-refractivity contribution in [2.75, 3.05) is 6.61 Å². The molecule has 1 rings (SSSR count). The summed E-state index contributed by atoms with van der Waals surface area (Å²) in [5, 5.41) is 0. The van der Waals surface area contributed by atoms with E-state index in [1.54, 1.807) is 13.0 Å². The first kappa shape index (κ1) is 9.46. The van der Waals surface area contributed by atoms with Crippen LogP contribution in [0.25, 0.3) is 0 Å². The van der Waals surface area contributed by atoms with Crippen LogP contribution < -0.4 is 0 Å². The monoisotopic (exact) mass is 168 g/mol. The minimum atomic E-state index is 0.0901. The summed E-state index contributed by atoms with van der Waals surface area (Å²) < 4.78 is 5.13. The molecule has 0 radical (unpaired) electrons. The predicted octanol–water partition coefficient (Wildman–Crippen LogP) is 1.95. The molecule has 2 nitrogen and oxygen atoms in total. The fourth-order valence-electron chi connectivity index (χ4n) is 1.18. The van der Waals surface area contributed by atoms with Gasteiger partial charge in [-0.15, -0.1) is 0 Å². The largest absolute Gasteiger partial charge is 0.373 e. The van der Waals surface area contributed by atoms with Gasteiger partial charge in [0.25, 0.3) is 0 Å². The van der Waals surface area contributed by atoms with E-state index in [0.29, 0.717) is 6.10 Å². The van der Waals surface area contributed by atoms with Crippen molar-refractivity contribution in [1.82, 2.24) is 0 Å². The van der Waals surface area contributed by atoms with Gasteiger partial charge in [0.15, 0.2) is 5.78 Å². The van der Waals surface area contributed by atoms with Crippen molar-refractivity contribution in [3.8, 4) is 0 Å². The molecule has 1 aliphatic heterocycles. The fourth-order valence-corrected chi connectivity index (χ4v) is 1.18. The highest BCUT2D eigenvalue weighted by atomic mass is 16.6. The number of carbonyl (C=O) groups is 1. The Hall–Kier alpha value is -0.630. The molecule has 0 N–H and O–H groups in total. The van der Waals surface area contributed by atoms with Crippen LogP contribution in [-0.4, -0.2) is 18.5 Å². The molecule has 0 aromatic rings. The van der Waals surface area contributed by atoms with Crippen molar-refractivity contribution in [2.24, 2.45) is 5.41 Å². The molecule has 0 aliphatic carbocycles. The van der Waals surface area contributed by atoms with Gasteiger partial charge in [0, 0.05) is 0 Å². The van der Waals surface area contributed by atoms with Gasteiger partial charge < -0.3 is 4.74 Å². The second-order valence-electron chi connectivity index (χ2n) is 4.09. The summed E-state index contributed by atoms with van der Waals surface area (Å²) in [6, 6.07) is 0. The summed E-state index contributed by atoms with van der Waals surface area (Å²) >= 11 is 0. The molecule has 1 fully saturated rings. The Balaban J connectivity index is 2.39. The molecule has 1 aliphatic rings. The summed E-state index contributed by atoms with van der Waals surface area (Å²) in [6.45, 7) is 6.69. The lowest BCUT2D eigenvalue weighted by Crippen LogP contribution is -2.11. The summed E-state index contributed by atoms with van der Waals surface area (Å²) in [5.74, 6) is 0.111. The lowest BCUT2D eigenvalue weighted by molar-refractivity contribution is -0.112. The first-order valence-corrected chi connectivity index (χ1v) is 4.31. The Bertz CT molecular complexity index is 200. The molecule has 1 heterocycles. The lowest BCUT2D eigenvalue weighted by atomic mass is 9.87. The summed E-state index contributed by atoms with van der Waals surface area (Å²) in [5.41, 5.74) is 0.0901. The van der Waals surface area contributed by atoms with E-state index < -0.39 is 0 Å². The first-order chi connectivity index (χ1) is 5.49. The zero-order chi connectivity index (χ0) is 9.19. The second-order valence-corrected chi connectivity index (χ2v) is 4.09. The number of epoxide rings is 1.